The molecule has 1 unspecified atom stereocenters. The highest BCUT2D eigenvalue weighted by Crippen LogP contribution is 2.35. The fraction of sp³-hybridized carbons (Fsp3) is 0.238. The molecule has 5 heteroatoms. The van der Waals surface area contributed by atoms with E-state index in [1.165, 1.54) is 11.3 Å². The SMILES string of the molecule is CCC1(C(=O)NC(C(=O)O)c2cccs2)C=CC(c2ccccc2)C=C1. The van der Waals surface area contributed by atoms with E-state index in [1.807, 2.05) is 49.4 Å². The first-order valence-corrected chi connectivity index (χ1v) is 9.44. The largest absolute Gasteiger partial charge is 0.479 e. The van der Waals surface area contributed by atoms with E-state index in [1.54, 1.807) is 17.5 Å². The average molecular weight is 367 g/mol. The van der Waals surface area contributed by atoms with Crippen molar-refractivity contribution in [3.8, 4) is 0 Å². The van der Waals surface area contributed by atoms with Gasteiger partial charge in [0.2, 0.25) is 5.91 Å². The first-order valence-electron chi connectivity index (χ1n) is 8.56. The predicted octanol–water partition coefficient (Wildman–Crippen LogP) is 4.30. The Morgan fingerprint density at radius 1 is 1.15 bits per heavy atom. The normalized spacial score (nSPS) is 22.7. The number of aliphatic carboxylic acids is 1. The van der Waals surface area contributed by atoms with Crippen LogP contribution >= 0.6 is 11.3 Å². The van der Waals surface area contributed by atoms with Crippen LogP contribution in [-0.2, 0) is 9.59 Å². The molecule has 3 rings (SSSR count). The third kappa shape index (κ3) is 3.63. The van der Waals surface area contributed by atoms with Gasteiger partial charge < -0.3 is 10.4 Å². The first kappa shape index (κ1) is 18.1. The molecule has 2 N–H and O–H groups in total. The smallest absolute Gasteiger partial charge is 0.331 e. The average Bonchev–Trinajstić information content (AvgIpc) is 3.20. The van der Waals surface area contributed by atoms with Gasteiger partial charge in [0.25, 0.3) is 0 Å². The fourth-order valence-corrected chi connectivity index (χ4v) is 3.86. The van der Waals surface area contributed by atoms with E-state index >= 15 is 0 Å². The molecule has 1 aromatic heterocycles. The first-order chi connectivity index (χ1) is 12.6. The molecule has 0 radical (unpaired) electrons. The van der Waals surface area contributed by atoms with Crippen LogP contribution in [-0.4, -0.2) is 17.0 Å². The Hall–Kier alpha value is -2.66. The van der Waals surface area contributed by atoms with Crippen molar-refractivity contribution in [2.75, 3.05) is 0 Å². The quantitative estimate of drug-likeness (QED) is 0.748. The Balaban J connectivity index is 1.79. The topological polar surface area (TPSA) is 66.4 Å². The molecule has 0 spiro atoms. The minimum atomic E-state index is -1.06. The van der Waals surface area contributed by atoms with E-state index in [0.29, 0.717) is 11.3 Å². The summed E-state index contributed by atoms with van der Waals surface area (Å²) in [6.07, 6.45) is 8.38. The van der Waals surface area contributed by atoms with Crippen LogP contribution in [0.4, 0.5) is 0 Å². The molecule has 1 amide bonds. The van der Waals surface area contributed by atoms with Gasteiger partial charge in [-0.15, -0.1) is 11.3 Å². The van der Waals surface area contributed by atoms with Crippen LogP contribution < -0.4 is 5.32 Å². The van der Waals surface area contributed by atoms with Gasteiger partial charge >= 0.3 is 5.97 Å². The third-order valence-corrected chi connectivity index (χ3v) is 5.68. The highest BCUT2D eigenvalue weighted by molar-refractivity contribution is 7.10. The second kappa shape index (κ2) is 7.70. The molecular weight excluding hydrogens is 346 g/mol. The van der Waals surface area contributed by atoms with Crippen molar-refractivity contribution in [2.45, 2.75) is 25.3 Å². The van der Waals surface area contributed by atoms with E-state index in [2.05, 4.69) is 17.4 Å². The summed E-state index contributed by atoms with van der Waals surface area (Å²) in [5.74, 6) is -1.23. The van der Waals surface area contributed by atoms with E-state index in [-0.39, 0.29) is 11.8 Å². The van der Waals surface area contributed by atoms with Crippen molar-refractivity contribution in [1.82, 2.24) is 5.32 Å². The van der Waals surface area contributed by atoms with Crippen LogP contribution in [0.15, 0.2) is 72.1 Å². The number of hydrogen-bond donors (Lipinski definition) is 2. The van der Waals surface area contributed by atoms with Crippen LogP contribution in [0.5, 0.6) is 0 Å². The molecule has 0 aliphatic heterocycles. The van der Waals surface area contributed by atoms with Crippen LogP contribution in [0.1, 0.15) is 35.7 Å². The summed E-state index contributed by atoms with van der Waals surface area (Å²) >= 11 is 1.32. The van der Waals surface area contributed by atoms with Crippen molar-refractivity contribution >= 4 is 23.2 Å². The molecule has 0 saturated heterocycles. The van der Waals surface area contributed by atoms with Crippen molar-refractivity contribution in [2.24, 2.45) is 5.41 Å². The van der Waals surface area contributed by atoms with E-state index in [9.17, 15) is 14.7 Å². The highest BCUT2D eigenvalue weighted by atomic mass is 32.1. The number of benzene rings is 1. The number of carbonyl (C=O) groups excluding carboxylic acids is 1. The zero-order chi connectivity index (χ0) is 18.6. The van der Waals surface area contributed by atoms with E-state index in [4.69, 9.17) is 0 Å². The number of carboxylic acids is 1. The Morgan fingerprint density at radius 2 is 1.85 bits per heavy atom. The monoisotopic (exact) mass is 367 g/mol. The van der Waals surface area contributed by atoms with Crippen molar-refractivity contribution in [3.63, 3.8) is 0 Å². The molecule has 0 bridgehead atoms. The maximum Gasteiger partial charge on any atom is 0.331 e. The molecule has 26 heavy (non-hydrogen) atoms. The lowest BCUT2D eigenvalue weighted by molar-refractivity contribution is -0.143. The summed E-state index contributed by atoms with van der Waals surface area (Å²) in [5.41, 5.74) is 0.336. The zero-order valence-electron chi connectivity index (χ0n) is 14.5. The van der Waals surface area contributed by atoms with Gasteiger partial charge in [0.05, 0.1) is 5.41 Å². The summed E-state index contributed by atoms with van der Waals surface area (Å²) in [4.78, 5) is 25.1. The van der Waals surface area contributed by atoms with Crippen LogP contribution in [0.25, 0.3) is 0 Å². The third-order valence-electron chi connectivity index (χ3n) is 4.74. The van der Waals surface area contributed by atoms with Crippen molar-refractivity contribution in [1.29, 1.82) is 0 Å². The Bertz CT molecular complexity index is 810. The van der Waals surface area contributed by atoms with E-state index < -0.39 is 17.4 Å². The van der Waals surface area contributed by atoms with Gasteiger partial charge in [-0.3, -0.25) is 4.79 Å². The molecule has 1 aliphatic carbocycles. The van der Waals surface area contributed by atoms with Gasteiger partial charge in [-0.25, -0.2) is 4.79 Å². The maximum atomic E-state index is 12.9. The molecule has 0 fully saturated rings. The van der Waals surface area contributed by atoms with Gasteiger partial charge in [-0.05, 0) is 23.4 Å². The molecule has 2 aromatic rings. The number of amides is 1. The Labute approximate surface area is 156 Å². The maximum absolute atomic E-state index is 12.9. The standard InChI is InChI=1S/C21H21NO3S/c1-2-21(12-10-16(11-13-21)15-7-4-3-5-8-15)20(25)22-18(19(23)24)17-9-6-14-26-17/h3-14,16,18H,2H2,1H3,(H,22,25)(H,23,24). The lowest BCUT2D eigenvalue weighted by Gasteiger charge is -2.30. The summed E-state index contributed by atoms with van der Waals surface area (Å²) < 4.78 is 0. The van der Waals surface area contributed by atoms with Gasteiger partial charge in [0, 0.05) is 10.8 Å². The summed E-state index contributed by atoms with van der Waals surface area (Å²) in [5, 5.41) is 14.0. The lowest BCUT2D eigenvalue weighted by Crippen LogP contribution is -2.43. The van der Waals surface area contributed by atoms with Crippen LogP contribution in [0, 0.1) is 5.41 Å². The number of nitrogens with one attached hydrogen (secondary N) is 1. The number of rotatable bonds is 6. The molecule has 134 valence electrons. The molecule has 0 saturated carbocycles. The van der Waals surface area contributed by atoms with Gasteiger partial charge in [0.1, 0.15) is 0 Å². The highest BCUT2D eigenvalue weighted by Gasteiger charge is 2.36. The van der Waals surface area contributed by atoms with Crippen molar-refractivity contribution < 1.29 is 14.7 Å². The predicted molar refractivity (Wildman–Crippen MR) is 103 cm³/mol. The fourth-order valence-electron chi connectivity index (χ4n) is 3.09. The van der Waals surface area contributed by atoms with Gasteiger partial charge in [0.15, 0.2) is 6.04 Å². The minimum absolute atomic E-state index is 0.122. The van der Waals surface area contributed by atoms with Gasteiger partial charge in [-0.2, -0.15) is 0 Å². The second-order valence-corrected chi connectivity index (χ2v) is 7.29. The Morgan fingerprint density at radius 3 is 2.38 bits per heavy atom. The second-order valence-electron chi connectivity index (χ2n) is 6.31. The minimum Gasteiger partial charge on any atom is -0.479 e. The Kier molecular flexibility index (Phi) is 5.38. The van der Waals surface area contributed by atoms with Gasteiger partial charge in [-0.1, -0.05) is 67.6 Å². The molecule has 1 atom stereocenters. The number of carboxylic acid groups (broad SMARTS) is 1. The van der Waals surface area contributed by atoms with Crippen LogP contribution in [0.2, 0.25) is 0 Å². The molecule has 4 nitrogen and oxygen atoms in total. The zero-order valence-corrected chi connectivity index (χ0v) is 15.3. The lowest BCUT2D eigenvalue weighted by atomic mass is 9.77. The number of carbonyl (C=O) groups is 2. The number of hydrogen-bond acceptors (Lipinski definition) is 3. The summed E-state index contributed by atoms with van der Waals surface area (Å²) in [6.45, 7) is 1.93. The molecule has 1 aliphatic rings. The number of thiophene rings is 1. The number of allylic oxidation sites excluding steroid dienone is 2. The molecule has 1 heterocycles. The van der Waals surface area contributed by atoms with E-state index in [0.717, 1.165) is 5.56 Å². The van der Waals surface area contributed by atoms with Crippen molar-refractivity contribution in [3.05, 3.63) is 82.6 Å². The molecular formula is C21H21NO3S. The molecule has 1 aromatic carbocycles. The summed E-state index contributed by atoms with van der Waals surface area (Å²) in [6, 6.07) is 12.5. The summed E-state index contributed by atoms with van der Waals surface area (Å²) in [7, 11) is 0. The van der Waals surface area contributed by atoms with Crippen LogP contribution in [0.3, 0.4) is 0 Å².